The Balaban J connectivity index is 1.28. The minimum atomic E-state index is -0.957. The van der Waals surface area contributed by atoms with Crippen molar-refractivity contribution in [2.75, 3.05) is 33.3 Å². The van der Waals surface area contributed by atoms with Gasteiger partial charge in [0.2, 0.25) is 5.91 Å². The van der Waals surface area contributed by atoms with Crippen LogP contribution in [0.2, 0.25) is 0 Å². The van der Waals surface area contributed by atoms with E-state index in [1.165, 1.54) is 0 Å². The van der Waals surface area contributed by atoms with Crippen LogP contribution in [0.25, 0.3) is 11.1 Å². The van der Waals surface area contributed by atoms with E-state index in [0.29, 0.717) is 19.4 Å². The number of benzene rings is 3. The Morgan fingerprint density at radius 3 is 2.12 bits per heavy atom. The molecule has 8 heteroatoms. The van der Waals surface area contributed by atoms with Crippen LogP contribution in [0.15, 0.2) is 78.9 Å². The Hall–Kier alpha value is -4.17. The Kier molecular flexibility index (Phi) is 8.69. The number of aliphatic carboxylic acids is 1. The van der Waals surface area contributed by atoms with Crippen molar-refractivity contribution >= 4 is 18.0 Å². The van der Waals surface area contributed by atoms with Crippen LogP contribution in [0.1, 0.15) is 48.3 Å². The third-order valence-corrected chi connectivity index (χ3v) is 8.31. The fourth-order valence-electron chi connectivity index (χ4n) is 5.97. The number of ether oxygens (including phenoxy) is 1. The van der Waals surface area contributed by atoms with Gasteiger partial charge in [0.05, 0.1) is 18.4 Å². The van der Waals surface area contributed by atoms with Crippen molar-refractivity contribution in [3.63, 3.8) is 0 Å². The monoisotopic (exact) mass is 555 g/mol. The molecule has 0 aromatic heterocycles. The lowest BCUT2D eigenvalue weighted by atomic mass is 9.84. The Morgan fingerprint density at radius 1 is 0.927 bits per heavy atom. The topological polar surface area (TPSA) is 99.2 Å². The van der Waals surface area contributed by atoms with E-state index in [1.54, 1.807) is 4.90 Å². The van der Waals surface area contributed by atoms with Crippen molar-refractivity contribution in [1.82, 2.24) is 15.1 Å². The van der Waals surface area contributed by atoms with Gasteiger partial charge in [-0.1, -0.05) is 78.9 Å². The van der Waals surface area contributed by atoms with E-state index in [0.717, 1.165) is 40.9 Å². The second kappa shape index (κ2) is 12.6. The van der Waals surface area contributed by atoms with Gasteiger partial charge in [0.25, 0.3) is 0 Å². The van der Waals surface area contributed by atoms with Crippen LogP contribution in [-0.4, -0.2) is 71.7 Å². The molecule has 2 amide bonds. The fourth-order valence-corrected chi connectivity index (χ4v) is 5.97. The molecule has 0 saturated carbocycles. The number of likely N-dealkylation sites (tertiary alicyclic amines) is 1. The zero-order valence-electron chi connectivity index (χ0n) is 23.4. The Morgan fingerprint density at radius 2 is 1.51 bits per heavy atom. The lowest BCUT2D eigenvalue weighted by molar-refractivity contribution is -0.139. The molecule has 8 nitrogen and oxygen atoms in total. The molecule has 0 radical (unpaired) electrons. The predicted octanol–water partition coefficient (Wildman–Crippen LogP) is 4.88. The zero-order valence-corrected chi connectivity index (χ0v) is 23.4. The summed E-state index contributed by atoms with van der Waals surface area (Å²) in [6.07, 6.45) is 0.588. The molecule has 214 valence electrons. The Bertz CT molecular complexity index is 1340. The summed E-state index contributed by atoms with van der Waals surface area (Å²) in [5, 5.41) is 12.4. The smallest absolute Gasteiger partial charge is 0.407 e. The summed E-state index contributed by atoms with van der Waals surface area (Å²) in [7, 11) is 2.02. The number of amides is 2. The minimum absolute atomic E-state index is 0.0550. The molecule has 1 heterocycles. The van der Waals surface area contributed by atoms with Crippen LogP contribution in [0.4, 0.5) is 4.79 Å². The highest BCUT2D eigenvalue weighted by atomic mass is 16.5. The highest BCUT2D eigenvalue weighted by molar-refractivity contribution is 5.80. The first-order chi connectivity index (χ1) is 19.8. The number of nitrogens with one attached hydrogen (secondary N) is 1. The summed E-state index contributed by atoms with van der Waals surface area (Å²) < 4.78 is 5.84. The number of carbonyl (C=O) groups excluding carboxylic acids is 2. The first kappa shape index (κ1) is 28.4. The number of hydrogen-bond donors (Lipinski definition) is 2. The molecule has 1 aliphatic heterocycles. The van der Waals surface area contributed by atoms with Crippen molar-refractivity contribution < 1.29 is 24.2 Å². The first-order valence-corrected chi connectivity index (χ1v) is 14.2. The van der Waals surface area contributed by atoms with E-state index in [-0.39, 0.29) is 37.8 Å². The molecule has 0 unspecified atom stereocenters. The number of piperidine rings is 1. The van der Waals surface area contributed by atoms with Crippen LogP contribution >= 0.6 is 0 Å². The molecule has 2 aliphatic rings. The maximum Gasteiger partial charge on any atom is 0.407 e. The van der Waals surface area contributed by atoms with Gasteiger partial charge in [0.15, 0.2) is 0 Å². The molecule has 0 spiro atoms. The number of carboxylic acid groups (broad SMARTS) is 1. The Labute approximate surface area is 240 Å². The number of rotatable bonds is 10. The van der Waals surface area contributed by atoms with Gasteiger partial charge in [-0.05, 0) is 47.7 Å². The third kappa shape index (κ3) is 6.77. The molecule has 0 bridgehead atoms. The van der Waals surface area contributed by atoms with E-state index >= 15 is 0 Å². The van der Waals surface area contributed by atoms with Gasteiger partial charge in [0, 0.05) is 32.1 Å². The first-order valence-electron chi connectivity index (χ1n) is 14.2. The normalized spacial score (nSPS) is 15.9. The SMILES string of the molecule is CN1CCC(CC(=O)N(CCC(=O)O)Cc2ccccc2)(NC(=O)OCC2c3ccccc3-c3ccccc32)CC1. The molecular weight excluding hydrogens is 518 g/mol. The number of alkyl carbamates (subject to hydrolysis) is 1. The van der Waals surface area contributed by atoms with Crippen molar-refractivity contribution in [3.05, 3.63) is 95.6 Å². The van der Waals surface area contributed by atoms with Crippen LogP contribution in [0.3, 0.4) is 0 Å². The summed E-state index contributed by atoms with van der Waals surface area (Å²) in [5.74, 6) is -1.19. The minimum Gasteiger partial charge on any atom is -0.481 e. The summed E-state index contributed by atoms with van der Waals surface area (Å²) in [4.78, 5) is 42.0. The van der Waals surface area contributed by atoms with Crippen LogP contribution in [0.5, 0.6) is 0 Å². The molecule has 5 rings (SSSR count). The summed E-state index contributed by atoms with van der Waals surface area (Å²) in [6.45, 7) is 2.07. The van der Waals surface area contributed by atoms with Gasteiger partial charge in [-0.2, -0.15) is 0 Å². The largest absolute Gasteiger partial charge is 0.481 e. The molecule has 41 heavy (non-hydrogen) atoms. The number of hydrogen-bond acceptors (Lipinski definition) is 5. The zero-order chi connectivity index (χ0) is 28.8. The average molecular weight is 556 g/mol. The number of carbonyl (C=O) groups is 3. The summed E-state index contributed by atoms with van der Waals surface area (Å²) in [5.41, 5.74) is 4.75. The molecule has 0 atom stereocenters. The lowest BCUT2D eigenvalue weighted by Gasteiger charge is -2.41. The van der Waals surface area contributed by atoms with Crippen LogP contribution < -0.4 is 5.32 Å². The molecule has 1 fully saturated rings. The summed E-state index contributed by atoms with van der Waals surface area (Å²) >= 11 is 0. The van der Waals surface area contributed by atoms with E-state index in [2.05, 4.69) is 34.5 Å². The van der Waals surface area contributed by atoms with Gasteiger partial charge in [-0.25, -0.2) is 4.79 Å². The fraction of sp³-hybridized carbons (Fsp3) is 0.364. The van der Waals surface area contributed by atoms with Crippen molar-refractivity contribution in [3.8, 4) is 11.1 Å². The molecule has 1 saturated heterocycles. The van der Waals surface area contributed by atoms with Gasteiger partial charge < -0.3 is 25.0 Å². The van der Waals surface area contributed by atoms with Crippen LogP contribution in [-0.2, 0) is 20.9 Å². The maximum atomic E-state index is 13.7. The highest BCUT2D eigenvalue weighted by Crippen LogP contribution is 2.44. The molecule has 1 aliphatic carbocycles. The van der Waals surface area contributed by atoms with E-state index in [4.69, 9.17) is 4.74 Å². The molecular formula is C33H37N3O5. The maximum absolute atomic E-state index is 13.7. The second-order valence-electron chi connectivity index (χ2n) is 11.2. The summed E-state index contributed by atoms with van der Waals surface area (Å²) in [6, 6.07) is 25.9. The van der Waals surface area contributed by atoms with Crippen LogP contribution in [0, 0.1) is 0 Å². The quantitative estimate of drug-likeness (QED) is 0.370. The van der Waals surface area contributed by atoms with Gasteiger partial charge >= 0.3 is 12.1 Å². The van der Waals surface area contributed by atoms with Crippen molar-refractivity contribution in [2.24, 2.45) is 0 Å². The number of fused-ring (bicyclic) bond motifs is 3. The standard InChI is InChI=1S/C33H37N3O5/c1-35-19-16-33(17-20-35,21-30(37)36(18-15-31(38)39)22-24-9-3-2-4-10-24)34-32(40)41-23-29-27-13-7-5-11-25(27)26-12-6-8-14-28(26)29/h2-14,29H,15-23H2,1H3,(H,34,40)(H,38,39). The van der Waals surface area contributed by atoms with Crippen molar-refractivity contribution in [1.29, 1.82) is 0 Å². The predicted molar refractivity (Wildman–Crippen MR) is 156 cm³/mol. The molecule has 2 N–H and O–H groups in total. The molecule has 3 aromatic rings. The third-order valence-electron chi connectivity index (χ3n) is 8.31. The van der Waals surface area contributed by atoms with E-state index < -0.39 is 17.6 Å². The van der Waals surface area contributed by atoms with Gasteiger partial charge in [0.1, 0.15) is 6.61 Å². The average Bonchev–Trinajstić information content (AvgIpc) is 3.30. The number of carboxylic acids is 1. The highest BCUT2D eigenvalue weighted by Gasteiger charge is 2.39. The number of nitrogens with zero attached hydrogens (tertiary/aromatic N) is 2. The van der Waals surface area contributed by atoms with Crippen molar-refractivity contribution in [2.45, 2.75) is 43.7 Å². The van der Waals surface area contributed by atoms with E-state index in [1.807, 2.05) is 61.6 Å². The van der Waals surface area contributed by atoms with E-state index in [9.17, 15) is 19.5 Å². The van der Waals surface area contributed by atoms with Gasteiger partial charge in [-0.3, -0.25) is 9.59 Å². The second-order valence-corrected chi connectivity index (χ2v) is 11.2. The molecule has 3 aromatic carbocycles. The van der Waals surface area contributed by atoms with Gasteiger partial charge in [-0.15, -0.1) is 0 Å². The lowest BCUT2D eigenvalue weighted by Crippen LogP contribution is -2.57.